The fourth-order valence-corrected chi connectivity index (χ4v) is 10.4. The molecule has 0 radical (unpaired) electrons. The number of nitrogens with one attached hydrogen (secondary N) is 1. The van der Waals surface area contributed by atoms with Crippen molar-refractivity contribution in [2.75, 3.05) is 105 Å². The normalized spacial score (nSPS) is 23.4. The lowest BCUT2D eigenvalue weighted by molar-refractivity contribution is -0.162. The molecular weight excluding hydrogens is 1110 g/mol. The number of hydrogen-bond donors (Lipinski definition) is 4. The number of aromatic hydroxyl groups is 2. The van der Waals surface area contributed by atoms with E-state index in [2.05, 4.69) is 5.32 Å². The minimum Gasteiger partial charge on any atom is -0.495 e. The van der Waals surface area contributed by atoms with E-state index in [0.29, 0.717) is 68.6 Å². The highest BCUT2D eigenvalue weighted by Crippen LogP contribution is 2.49. The van der Waals surface area contributed by atoms with Crippen LogP contribution in [0, 0.1) is 5.92 Å². The van der Waals surface area contributed by atoms with Crippen molar-refractivity contribution in [2.45, 2.75) is 127 Å². The number of nitrogens with zero attached hydrogens (tertiary/aromatic N) is 4. The summed E-state index contributed by atoms with van der Waals surface area (Å²) in [6, 6.07) is 4.81. The number of likely N-dealkylation sites (N-methyl/N-ethyl adjacent to an activating group) is 2. The third-order valence-electron chi connectivity index (χ3n) is 14.6. The molecule has 4 heterocycles. The van der Waals surface area contributed by atoms with E-state index in [4.69, 9.17) is 59.1 Å². The molecule has 0 aliphatic carbocycles. The van der Waals surface area contributed by atoms with E-state index in [1.54, 1.807) is 57.1 Å². The van der Waals surface area contributed by atoms with E-state index < -0.39 is 88.1 Å². The number of methoxy groups -OCH3 is 2. The van der Waals surface area contributed by atoms with Crippen LogP contribution >= 0.6 is 23.4 Å². The summed E-state index contributed by atoms with van der Waals surface area (Å²) in [4.78, 5) is 89.3. The molecule has 24 nitrogen and oxygen atoms in total. The maximum atomic E-state index is 14.4. The fraction of sp³-hybridized carbons (Fsp3) is 0.643. The van der Waals surface area contributed by atoms with Gasteiger partial charge in [0.15, 0.2) is 5.72 Å². The smallest absolute Gasteiger partial charge is 0.409 e. The molecule has 0 unspecified atom stereocenters. The third-order valence-corrected chi connectivity index (χ3v) is 16.4. The average Bonchev–Trinajstić information content (AvgIpc) is 1.99. The second kappa shape index (κ2) is 30.8. The number of amides is 4. The number of benzene rings is 1. The van der Waals surface area contributed by atoms with Crippen molar-refractivity contribution >= 4 is 64.8 Å². The first-order valence-corrected chi connectivity index (χ1v) is 28.4. The van der Waals surface area contributed by atoms with Crippen LogP contribution in [0.5, 0.6) is 17.5 Å². The number of aromatic nitrogens is 1. The molecule has 2 saturated heterocycles. The highest BCUT2D eigenvalue weighted by Gasteiger charge is 2.64. The first kappa shape index (κ1) is 67.2. The number of fused-ring (bicyclic) bond motifs is 5. The molecule has 2 fully saturated rings. The molecule has 26 heteroatoms. The van der Waals surface area contributed by atoms with Crippen LogP contribution in [0.2, 0.25) is 5.02 Å². The van der Waals surface area contributed by atoms with Crippen molar-refractivity contribution in [2.24, 2.45) is 5.92 Å². The van der Waals surface area contributed by atoms with Gasteiger partial charge in [0.2, 0.25) is 29.5 Å². The number of esters is 1. The molecule has 1 aromatic heterocycles. The molecule has 2 aromatic rings. The highest BCUT2D eigenvalue weighted by molar-refractivity contribution is 8.01. The molecule has 1 aromatic carbocycles. The summed E-state index contributed by atoms with van der Waals surface area (Å²) in [5, 5.41) is 33.6. The van der Waals surface area contributed by atoms with Gasteiger partial charge >= 0.3 is 18.0 Å². The SMILES string of the molecule is COc1cc2cc(c1Cl)N(C)C(=O)C[C@H](OC(=O)[C@H](C)N(C)C(=O)CCC(C)(C)SCC(=O)N(C)CCOCCOCCOCCOCCC(=O)On1c(O)ccc1O)[C@]1(C)O[C@H]1[C@H](C)[C@@H]1C[C@@](O)(NC(=O)O1)[C@H](OC)C=CC=C(C)C2. The van der Waals surface area contributed by atoms with E-state index in [1.807, 2.05) is 26.8 Å². The van der Waals surface area contributed by atoms with Gasteiger partial charge in [-0.25, -0.2) is 14.4 Å². The van der Waals surface area contributed by atoms with Gasteiger partial charge in [0.1, 0.15) is 40.7 Å². The van der Waals surface area contributed by atoms with Gasteiger partial charge in [0.25, 0.3) is 0 Å². The lowest BCUT2D eigenvalue weighted by atomic mass is 9.83. The van der Waals surface area contributed by atoms with Gasteiger partial charge in [-0.3, -0.25) is 19.7 Å². The second-order valence-corrected chi connectivity index (χ2v) is 23.3. The van der Waals surface area contributed by atoms with Crippen molar-refractivity contribution in [3.8, 4) is 17.5 Å². The Balaban J connectivity index is 1.07. The van der Waals surface area contributed by atoms with Crippen LogP contribution < -0.4 is 19.8 Å². The Bertz CT molecular complexity index is 2560. The Morgan fingerprint density at radius 2 is 1.57 bits per heavy atom. The van der Waals surface area contributed by atoms with Crippen LogP contribution in [-0.2, 0) is 68.3 Å². The summed E-state index contributed by atoms with van der Waals surface area (Å²) in [5.74, 6) is -3.33. The number of carbonyl (C=O) groups excluding carboxylic acids is 6. The van der Waals surface area contributed by atoms with E-state index in [1.165, 1.54) is 61.9 Å². The topological polar surface area (TPSA) is 285 Å². The summed E-state index contributed by atoms with van der Waals surface area (Å²) < 4.78 is 51.6. The van der Waals surface area contributed by atoms with Gasteiger partial charge in [-0.15, -0.1) is 16.5 Å². The molecule has 3 aliphatic rings. The van der Waals surface area contributed by atoms with E-state index in [9.17, 15) is 44.1 Å². The third kappa shape index (κ3) is 18.9. The number of alkyl carbamates (subject to hydrolysis) is 1. The zero-order chi connectivity index (χ0) is 60.5. The quantitative estimate of drug-likeness (QED) is 0.0541. The maximum Gasteiger partial charge on any atom is 0.409 e. The molecule has 3 aliphatic heterocycles. The van der Waals surface area contributed by atoms with Gasteiger partial charge in [-0.2, -0.15) is 0 Å². The van der Waals surface area contributed by atoms with Crippen LogP contribution in [0.1, 0.15) is 79.2 Å². The number of rotatable bonds is 27. The standard InChI is InChI=1S/C56H82ClN5O19S/c1-35-13-12-14-42(73-11)56(71)33-41(78-53(70)58-56)36(2)51-55(6,80-51)43(32-47(66)61(9)39-30-38(29-35)31-40(72-10)50(39)57)79-52(69)37(3)60(8)44(63)17-19-54(4,5)82-34-48(67)59(7)20-22-75-24-26-77-28-27-76-25-23-74-21-18-49(68)81-62-45(64)15-16-46(62)65/h12-16,30-31,36-37,41-43,51,64-65,71H,17-29,32-34H2,1-11H3,(H,58,70)/t36-,37+,41+,42-,43+,51+,55+,56+/m1/s1. The Morgan fingerprint density at radius 1 is 0.951 bits per heavy atom. The van der Waals surface area contributed by atoms with Gasteiger partial charge < -0.3 is 77.5 Å². The molecule has 4 amide bonds. The van der Waals surface area contributed by atoms with Crippen LogP contribution in [0.4, 0.5) is 10.5 Å². The number of hydrogen-bond acceptors (Lipinski definition) is 20. The molecule has 8 atom stereocenters. The largest absolute Gasteiger partial charge is 0.495 e. The Labute approximate surface area is 488 Å². The number of aliphatic hydroxyl groups is 1. The number of epoxide rings is 1. The number of anilines is 1. The molecule has 82 heavy (non-hydrogen) atoms. The zero-order valence-corrected chi connectivity index (χ0v) is 50.3. The summed E-state index contributed by atoms with van der Waals surface area (Å²) in [6.07, 6.45) is 0.822. The van der Waals surface area contributed by atoms with Gasteiger partial charge in [0.05, 0.1) is 90.4 Å². The minimum atomic E-state index is -1.88. The van der Waals surface area contributed by atoms with E-state index >= 15 is 0 Å². The molecular formula is C56H82ClN5O19S. The molecule has 458 valence electrons. The predicted molar refractivity (Wildman–Crippen MR) is 302 cm³/mol. The van der Waals surface area contributed by atoms with Gasteiger partial charge in [-0.05, 0) is 51.3 Å². The Hall–Kier alpha value is -5.64. The summed E-state index contributed by atoms with van der Waals surface area (Å²) >= 11 is 8.24. The van der Waals surface area contributed by atoms with Crippen LogP contribution in [0.15, 0.2) is 48.1 Å². The molecule has 4 N–H and O–H groups in total. The zero-order valence-electron chi connectivity index (χ0n) is 48.8. The number of allylic oxidation sites excluding steroid dienone is 3. The van der Waals surface area contributed by atoms with E-state index in [-0.39, 0.29) is 68.1 Å². The number of thioether (sulfide) groups is 1. The first-order chi connectivity index (χ1) is 38.7. The van der Waals surface area contributed by atoms with Crippen molar-refractivity contribution < 1.29 is 91.6 Å². The fourth-order valence-electron chi connectivity index (χ4n) is 9.13. The van der Waals surface area contributed by atoms with Crippen LogP contribution in [0.25, 0.3) is 0 Å². The van der Waals surface area contributed by atoms with Gasteiger partial charge in [0, 0.05) is 70.4 Å². The Morgan fingerprint density at radius 3 is 2.20 bits per heavy atom. The van der Waals surface area contributed by atoms with Crippen molar-refractivity contribution in [1.82, 2.24) is 19.8 Å². The Kier molecular flexibility index (Phi) is 25.2. The lowest BCUT2D eigenvalue weighted by Gasteiger charge is -2.42. The van der Waals surface area contributed by atoms with Crippen molar-refractivity contribution in [3.05, 3.63) is 58.7 Å². The summed E-state index contributed by atoms with van der Waals surface area (Å²) in [7, 11) is 7.63. The lowest BCUT2D eigenvalue weighted by Crippen LogP contribution is -2.63. The monoisotopic (exact) mass is 1200 g/mol. The van der Waals surface area contributed by atoms with Crippen molar-refractivity contribution in [3.63, 3.8) is 0 Å². The van der Waals surface area contributed by atoms with Crippen LogP contribution in [0.3, 0.4) is 0 Å². The molecule has 0 spiro atoms. The van der Waals surface area contributed by atoms with Crippen LogP contribution in [-0.4, -0.2) is 213 Å². The second-order valence-electron chi connectivity index (χ2n) is 21.3. The maximum absolute atomic E-state index is 14.4. The molecule has 0 saturated carbocycles. The first-order valence-electron chi connectivity index (χ1n) is 27.1. The van der Waals surface area contributed by atoms with Gasteiger partial charge in [-0.1, -0.05) is 56.2 Å². The number of carbonyl (C=O) groups is 6. The summed E-state index contributed by atoms with van der Waals surface area (Å²) in [6.45, 7) is 13.3. The molecule has 4 bridgehead atoms. The number of ether oxygens (including phenoxy) is 9. The van der Waals surface area contributed by atoms with E-state index in [0.717, 1.165) is 11.1 Å². The minimum absolute atomic E-state index is 0.0540. The average molecular weight is 1200 g/mol. The highest BCUT2D eigenvalue weighted by atomic mass is 35.5. The predicted octanol–water partition coefficient (Wildman–Crippen LogP) is 4.59. The molecule has 5 rings (SSSR count). The number of halogens is 1. The summed E-state index contributed by atoms with van der Waals surface area (Å²) in [5.41, 5.74) is -1.14. The van der Waals surface area contributed by atoms with Crippen molar-refractivity contribution in [1.29, 1.82) is 0 Å².